The number of fused-ring (bicyclic) bond motifs is 4. The van der Waals surface area contributed by atoms with Crippen molar-refractivity contribution in [3.63, 3.8) is 0 Å². The number of phosphoric acid groups is 2. The number of pyridine rings is 1. The van der Waals surface area contributed by atoms with Crippen molar-refractivity contribution in [3.05, 3.63) is 31.2 Å². The molecule has 0 bridgehead atoms. The third-order valence-electron chi connectivity index (χ3n) is 8.84. The van der Waals surface area contributed by atoms with E-state index >= 15 is 8.78 Å². The van der Waals surface area contributed by atoms with Gasteiger partial charge in [-0.1, -0.05) is 0 Å². The van der Waals surface area contributed by atoms with E-state index < -0.39 is 95.9 Å². The Morgan fingerprint density at radius 3 is 2.48 bits per heavy atom. The average Bonchev–Trinajstić information content (AvgIpc) is 3.84. The van der Waals surface area contributed by atoms with Crippen LogP contribution in [0.1, 0.15) is 39.5 Å². The quantitative estimate of drug-likeness (QED) is 0.149. The maximum Gasteiger partial charge on any atom is 0.478 e. The first kappa shape index (κ1) is 36.6. The first-order chi connectivity index (χ1) is 24.6. The lowest BCUT2D eigenvalue weighted by molar-refractivity contribution is -0.161. The number of rotatable bonds is 5. The van der Waals surface area contributed by atoms with E-state index in [1.807, 2.05) is 0 Å². The number of anilines is 2. The van der Waals surface area contributed by atoms with Gasteiger partial charge in [-0.2, -0.15) is 0 Å². The summed E-state index contributed by atoms with van der Waals surface area (Å²) in [4.78, 5) is 43.8. The summed E-state index contributed by atoms with van der Waals surface area (Å²) in [6.07, 6.45) is -6.00. The van der Waals surface area contributed by atoms with Crippen LogP contribution in [0.25, 0.3) is 22.3 Å². The Morgan fingerprint density at radius 2 is 1.71 bits per heavy atom. The SMILES string of the molecule is CC(C)(C)C(=O)OCOP1(=O)OC[C@H]2C[C@@H](n3cnc4c(N)ncnc43)C(F)[C@H]2OP(=O)(O)OC[C@H]2O[C@@H](n3cnc4c(N)ccnc43)C(F)[C@H]2O1. The third-order valence-corrected chi connectivity index (χ3v) is 11.2. The van der Waals surface area contributed by atoms with Crippen LogP contribution in [0.3, 0.4) is 0 Å². The molecule has 282 valence electrons. The lowest BCUT2D eigenvalue weighted by atomic mass is 9.98. The average molecular weight is 774 g/mol. The minimum atomic E-state index is -5.11. The summed E-state index contributed by atoms with van der Waals surface area (Å²) in [5, 5.41) is 0. The number of aromatic nitrogens is 7. The fourth-order valence-electron chi connectivity index (χ4n) is 6.20. The number of imidazole rings is 2. The molecule has 4 unspecified atom stereocenters. The number of carbonyl (C=O) groups is 1. The largest absolute Gasteiger partial charge is 0.478 e. The molecule has 0 spiro atoms. The smallest absolute Gasteiger partial charge is 0.437 e. The molecule has 1 aliphatic carbocycles. The molecule has 4 aromatic rings. The molecule has 10 atom stereocenters. The number of halogens is 2. The molecule has 24 heteroatoms. The highest BCUT2D eigenvalue weighted by Crippen LogP contribution is 2.58. The summed E-state index contributed by atoms with van der Waals surface area (Å²) in [5.41, 5.74) is 11.9. The van der Waals surface area contributed by atoms with Crippen LogP contribution in [-0.4, -0.2) is 95.6 Å². The van der Waals surface area contributed by atoms with Gasteiger partial charge in [0.2, 0.25) is 6.79 Å². The lowest BCUT2D eigenvalue weighted by Crippen LogP contribution is -2.36. The summed E-state index contributed by atoms with van der Waals surface area (Å²) in [5.74, 6) is -1.80. The van der Waals surface area contributed by atoms with Crippen LogP contribution >= 0.6 is 15.6 Å². The Hall–Kier alpha value is -3.72. The summed E-state index contributed by atoms with van der Waals surface area (Å²) in [6, 6.07) is 0.382. The molecular formula is C28H35F2N9O11P2. The Kier molecular flexibility index (Phi) is 9.58. The topological polar surface area (TPSA) is 262 Å². The number of nitrogens with zero attached hydrogens (tertiary/aromatic N) is 7. The van der Waals surface area contributed by atoms with E-state index in [9.17, 15) is 18.8 Å². The zero-order chi connectivity index (χ0) is 37.2. The number of alkyl halides is 2. The van der Waals surface area contributed by atoms with E-state index in [0.717, 1.165) is 6.33 Å². The molecule has 4 aromatic heterocycles. The van der Waals surface area contributed by atoms with Gasteiger partial charge in [0.1, 0.15) is 41.8 Å². The second-order valence-electron chi connectivity index (χ2n) is 13.4. The van der Waals surface area contributed by atoms with Crippen molar-refractivity contribution in [2.24, 2.45) is 11.3 Å². The number of carbonyl (C=O) groups excluding carboxylic acids is 1. The van der Waals surface area contributed by atoms with E-state index in [-0.39, 0.29) is 40.3 Å². The van der Waals surface area contributed by atoms with E-state index in [1.165, 1.54) is 34.1 Å². The fraction of sp³-hybridized carbons (Fsp3) is 0.571. The minimum Gasteiger partial charge on any atom is -0.437 e. The molecule has 0 radical (unpaired) electrons. The standard InChI is InChI=1S/C28H35F2N9O11P2/c1-28(2,3)27(40)44-12-47-52(43)46-7-13-6-15(38-10-37-20-23(32)34-9-35-25(20)38)17(29)21(13)49-51(41,42)45-8-16-22(50-52)18(30)26(48-16)39-11-36-19-14(31)4-5-33-24(19)39/h4-5,9-11,13,15-18,21-22,26H,6-8,12H2,1-3H3,(H2,31,33)(H,41,42)(H2,32,34,35)/t13-,15-,16-,17?,18?,21+,22+,26-,52?/m1/s1. The van der Waals surface area contributed by atoms with Gasteiger partial charge in [0, 0.05) is 12.1 Å². The maximum absolute atomic E-state index is 16.4. The molecule has 3 aliphatic rings. The van der Waals surface area contributed by atoms with Crippen LogP contribution in [0.15, 0.2) is 31.2 Å². The first-order valence-corrected chi connectivity index (χ1v) is 18.8. The second-order valence-corrected chi connectivity index (χ2v) is 16.4. The molecule has 20 nitrogen and oxygen atoms in total. The first-order valence-electron chi connectivity index (χ1n) is 15.9. The summed E-state index contributed by atoms with van der Waals surface area (Å²) < 4.78 is 101. The molecule has 3 fully saturated rings. The Morgan fingerprint density at radius 1 is 0.981 bits per heavy atom. The summed E-state index contributed by atoms with van der Waals surface area (Å²) in [6.45, 7) is 2.23. The second kappa shape index (κ2) is 13.6. The zero-order valence-corrected chi connectivity index (χ0v) is 29.6. The predicted molar refractivity (Wildman–Crippen MR) is 173 cm³/mol. The number of hydrogen-bond donors (Lipinski definition) is 3. The van der Waals surface area contributed by atoms with Crippen molar-refractivity contribution < 1.29 is 59.7 Å². The predicted octanol–water partition coefficient (Wildman–Crippen LogP) is 3.16. The lowest BCUT2D eigenvalue weighted by Gasteiger charge is -2.29. The molecule has 7 rings (SSSR count). The Balaban J connectivity index is 1.20. The molecule has 2 aliphatic heterocycles. The van der Waals surface area contributed by atoms with Gasteiger partial charge in [0.15, 0.2) is 29.5 Å². The van der Waals surface area contributed by atoms with Crippen LogP contribution in [-0.2, 0) is 46.0 Å². The van der Waals surface area contributed by atoms with Gasteiger partial charge in [0.25, 0.3) is 0 Å². The highest BCUT2D eigenvalue weighted by Gasteiger charge is 2.55. The van der Waals surface area contributed by atoms with Gasteiger partial charge in [-0.15, -0.1) is 0 Å². The van der Waals surface area contributed by atoms with Gasteiger partial charge < -0.3 is 30.4 Å². The van der Waals surface area contributed by atoms with Crippen LogP contribution in [0, 0.1) is 11.3 Å². The number of nitrogens with two attached hydrogens (primary N) is 2. The van der Waals surface area contributed by atoms with E-state index in [0.29, 0.717) is 0 Å². The number of hydrogen-bond acceptors (Lipinski definition) is 17. The summed E-state index contributed by atoms with van der Waals surface area (Å²) in [7, 11) is -10.1. The molecule has 5 N–H and O–H groups in total. The van der Waals surface area contributed by atoms with Gasteiger partial charge in [-0.3, -0.25) is 27.5 Å². The van der Waals surface area contributed by atoms with Gasteiger partial charge in [-0.25, -0.2) is 47.4 Å². The number of nitrogen functional groups attached to an aromatic ring is 2. The van der Waals surface area contributed by atoms with E-state index in [2.05, 4.69) is 24.9 Å². The van der Waals surface area contributed by atoms with Crippen LogP contribution in [0.4, 0.5) is 20.3 Å². The molecule has 6 heterocycles. The molecule has 0 aromatic carbocycles. The molecule has 52 heavy (non-hydrogen) atoms. The van der Waals surface area contributed by atoms with Crippen LogP contribution in [0.2, 0.25) is 0 Å². The van der Waals surface area contributed by atoms with Crippen molar-refractivity contribution in [1.29, 1.82) is 0 Å². The van der Waals surface area contributed by atoms with Crippen molar-refractivity contribution in [1.82, 2.24) is 34.1 Å². The Bertz CT molecular complexity index is 2080. The molecule has 0 amide bonds. The van der Waals surface area contributed by atoms with Crippen molar-refractivity contribution in [2.45, 2.75) is 70.1 Å². The number of phosphoric ester groups is 2. The van der Waals surface area contributed by atoms with Crippen molar-refractivity contribution in [2.75, 3.05) is 31.5 Å². The monoisotopic (exact) mass is 773 g/mol. The third kappa shape index (κ3) is 6.90. The van der Waals surface area contributed by atoms with Gasteiger partial charge in [-0.05, 0) is 33.3 Å². The van der Waals surface area contributed by atoms with Gasteiger partial charge >= 0.3 is 21.6 Å². The molecule has 1 saturated carbocycles. The van der Waals surface area contributed by atoms with E-state index in [1.54, 1.807) is 20.8 Å². The number of esters is 1. The van der Waals surface area contributed by atoms with Crippen molar-refractivity contribution >= 4 is 55.4 Å². The summed E-state index contributed by atoms with van der Waals surface area (Å²) >= 11 is 0. The maximum atomic E-state index is 16.4. The van der Waals surface area contributed by atoms with Crippen LogP contribution < -0.4 is 11.5 Å². The molecule has 2 saturated heterocycles. The van der Waals surface area contributed by atoms with Crippen molar-refractivity contribution in [3.8, 4) is 0 Å². The van der Waals surface area contributed by atoms with E-state index in [4.69, 9.17) is 43.6 Å². The highest BCUT2D eigenvalue weighted by atomic mass is 31.2. The van der Waals surface area contributed by atoms with Gasteiger partial charge in [0.05, 0.1) is 43.0 Å². The highest BCUT2D eigenvalue weighted by molar-refractivity contribution is 7.48. The van der Waals surface area contributed by atoms with Crippen LogP contribution in [0.5, 0.6) is 0 Å². The number of ether oxygens (including phenoxy) is 2. The normalized spacial score (nSPS) is 34.4. The zero-order valence-electron chi connectivity index (χ0n) is 27.8. The fourth-order valence-corrected chi connectivity index (χ4v) is 8.50. The molecular weight excluding hydrogens is 738 g/mol. The Labute approximate surface area is 293 Å². The minimum absolute atomic E-state index is 0.0432.